The zero-order valence-electron chi connectivity index (χ0n) is 16.2. The molecule has 0 radical (unpaired) electrons. The van der Waals surface area contributed by atoms with Crippen LogP contribution in [0, 0.1) is 11.8 Å². The van der Waals surface area contributed by atoms with Crippen molar-refractivity contribution in [3.05, 3.63) is 65.2 Å². The second-order valence-corrected chi connectivity index (χ2v) is 7.82. The zero-order chi connectivity index (χ0) is 19.9. The second kappa shape index (κ2) is 9.74. The van der Waals surface area contributed by atoms with Crippen LogP contribution in [0.5, 0.6) is 0 Å². The van der Waals surface area contributed by atoms with Gasteiger partial charge >= 0.3 is 0 Å². The molecular formula is C23H27ClN2O2. The number of anilines is 1. The van der Waals surface area contributed by atoms with Gasteiger partial charge in [-0.25, -0.2) is 0 Å². The van der Waals surface area contributed by atoms with Crippen LogP contribution >= 0.6 is 11.6 Å². The molecule has 4 nitrogen and oxygen atoms in total. The maximum Gasteiger partial charge on any atom is 0.227 e. The lowest BCUT2D eigenvalue weighted by Crippen LogP contribution is -2.38. The SMILES string of the molecule is CCN(Cc1ccccc1)C(=O)C1CCC(C(=O)Nc2ccc(Cl)cc2)CC1. The molecule has 2 amide bonds. The Hall–Kier alpha value is -2.33. The first-order valence-corrected chi connectivity index (χ1v) is 10.3. The molecule has 0 heterocycles. The van der Waals surface area contributed by atoms with Gasteiger partial charge in [-0.2, -0.15) is 0 Å². The molecule has 0 unspecified atom stereocenters. The van der Waals surface area contributed by atoms with E-state index in [0.717, 1.165) is 36.9 Å². The molecule has 3 rings (SSSR count). The normalized spacial score (nSPS) is 19.1. The highest BCUT2D eigenvalue weighted by Gasteiger charge is 2.31. The zero-order valence-corrected chi connectivity index (χ0v) is 17.0. The Balaban J connectivity index is 1.51. The Morgan fingerprint density at radius 2 is 1.57 bits per heavy atom. The van der Waals surface area contributed by atoms with Gasteiger partial charge in [0, 0.05) is 35.6 Å². The maximum atomic E-state index is 12.9. The summed E-state index contributed by atoms with van der Waals surface area (Å²) in [6, 6.07) is 17.2. The lowest BCUT2D eigenvalue weighted by atomic mass is 9.80. The monoisotopic (exact) mass is 398 g/mol. The summed E-state index contributed by atoms with van der Waals surface area (Å²) in [5.41, 5.74) is 1.90. The lowest BCUT2D eigenvalue weighted by Gasteiger charge is -2.31. The molecule has 1 N–H and O–H groups in total. The Kier molecular flexibility index (Phi) is 7.10. The van der Waals surface area contributed by atoms with Crippen LogP contribution in [0.4, 0.5) is 5.69 Å². The van der Waals surface area contributed by atoms with Crippen molar-refractivity contribution in [3.8, 4) is 0 Å². The predicted octanol–water partition coefficient (Wildman–Crippen LogP) is 5.13. The number of hydrogen-bond donors (Lipinski definition) is 1. The molecule has 1 aliphatic carbocycles. The third-order valence-corrected chi connectivity index (χ3v) is 5.72. The molecule has 28 heavy (non-hydrogen) atoms. The van der Waals surface area contributed by atoms with Crippen molar-refractivity contribution >= 4 is 29.1 Å². The fourth-order valence-electron chi connectivity index (χ4n) is 3.79. The van der Waals surface area contributed by atoms with Crippen molar-refractivity contribution in [2.75, 3.05) is 11.9 Å². The molecule has 1 aliphatic rings. The first-order valence-electron chi connectivity index (χ1n) is 9.96. The first kappa shape index (κ1) is 20.4. The van der Waals surface area contributed by atoms with E-state index < -0.39 is 0 Å². The summed E-state index contributed by atoms with van der Waals surface area (Å²) < 4.78 is 0. The van der Waals surface area contributed by atoms with E-state index in [1.54, 1.807) is 24.3 Å². The molecule has 2 aromatic rings. The van der Waals surface area contributed by atoms with E-state index >= 15 is 0 Å². The molecular weight excluding hydrogens is 372 g/mol. The van der Waals surface area contributed by atoms with Crippen molar-refractivity contribution in [2.24, 2.45) is 11.8 Å². The van der Waals surface area contributed by atoms with E-state index in [0.29, 0.717) is 18.1 Å². The van der Waals surface area contributed by atoms with Crippen LogP contribution in [0.3, 0.4) is 0 Å². The number of nitrogens with zero attached hydrogens (tertiary/aromatic N) is 1. The molecule has 5 heteroatoms. The Labute approximate surface area is 171 Å². The summed E-state index contributed by atoms with van der Waals surface area (Å²) in [6.45, 7) is 3.36. The number of halogens is 1. The number of amides is 2. The Morgan fingerprint density at radius 3 is 2.18 bits per heavy atom. The van der Waals surface area contributed by atoms with E-state index in [2.05, 4.69) is 5.32 Å². The van der Waals surface area contributed by atoms with E-state index in [4.69, 9.17) is 11.6 Å². The number of rotatable bonds is 6. The minimum Gasteiger partial charge on any atom is -0.338 e. The number of benzene rings is 2. The Morgan fingerprint density at radius 1 is 0.964 bits per heavy atom. The molecule has 148 valence electrons. The number of carbonyl (C=O) groups excluding carboxylic acids is 2. The average Bonchev–Trinajstić information content (AvgIpc) is 2.74. The van der Waals surface area contributed by atoms with Crippen LogP contribution in [0.15, 0.2) is 54.6 Å². The van der Waals surface area contributed by atoms with Gasteiger partial charge in [0.1, 0.15) is 0 Å². The van der Waals surface area contributed by atoms with Crippen LogP contribution in [0.25, 0.3) is 0 Å². The van der Waals surface area contributed by atoms with Gasteiger partial charge in [-0.3, -0.25) is 9.59 Å². The van der Waals surface area contributed by atoms with Crippen LogP contribution in [-0.4, -0.2) is 23.3 Å². The lowest BCUT2D eigenvalue weighted by molar-refractivity contribution is -0.138. The predicted molar refractivity (Wildman–Crippen MR) is 113 cm³/mol. The highest BCUT2D eigenvalue weighted by atomic mass is 35.5. The second-order valence-electron chi connectivity index (χ2n) is 7.38. The summed E-state index contributed by atoms with van der Waals surface area (Å²) in [5, 5.41) is 3.60. The number of hydrogen-bond acceptors (Lipinski definition) is 2. The molecule has 0 bridgehead atoms. The highest BCUT2D eigenvalue weighted by Crippen LogP contribution is 2.31. The van der Waals surface area contributed by atoms with Gasteiger partial charge in [0.05, 0.1) is 0 Å². The van der Waals surface area contributed by atoms with Crippen LogP contribution in [0.1, 0.15) is 38.2 Å². The summed E-state index contributed by atoms with van der Waals surface area (Å²) in [4.78, 5) is 27.4. The van der Waals surface area contributed by atoms with Crippen LogP contribution in [-0.2, 0) is 16.1 Å². The highest BCUT2D eigenvalue weighted by molar-refractivity contribution is 6.30. The van der Waals surface area contributed by atoms with Gasteiger partial charge in [0.25, 0.3) is 0 Å². The fourth-order valence-corrected chi connectivity index (χ4v) is 3.91. The third-order valence-electron chi connectivity index (χ3n) is 5.47. The third kappa shape index (κ3) is 5.35. The summed E-state index contributed by atoms with van der Waals surface area (Å²) in [6.07, 6.45) is 3.03. The van der Waals surface area contributed by atoms with Crippen molar-refractivity contribution in [3.63, 3.8) is 0 Å². The van der Waals surface area contributed by atoms with E-state index in [1.807, 2.05) is 42.2 Å². The first-order chi connectivity index (χ1) is 13.6. The minimum absolute atomic E-state index is 0.0169. The molecule has 2 aromatic carbocycles. The number of nitrogens with one attached hydrogen (secondary N) is 1. The van der Waals surface area contributed by atoms with Crippen molar-refractivity contribution in [1.82, 2.24) is 4.90 Å². The topological polar surface area (TPSA) is 49.4 Å². The van der Waals surface area contributed by atoms with Crippen LogP contribution < -0.4 is 5.32 Å². The summed E-state index contributed by atoms with van der Waals surface area (Å²) in [7, 11) is 0. The molecule has 0 aromatic heterocycles. The van der Waals surface area contributed by atoms with Crippen molar-refractivity contribution < 1.29 is 9.59 Å². The summed E-state index contributed by atoms with van der Waals surface area (Å²) in [5.74, 6) is 0.222. The van der Waals surface area contributed by atoms with Gasteiger partial charge in [0.15, 0.2) is 0 Å². The molecule has 1 saturated carbocycles. The fraction of sp³-hybridized carbons (Fsp3) is 0.391. The smallest absolute Gasteiger partial charge is 0.227 e. The van der Waals surface area contributed by atoms with Gasteiger partial charge < -0.3 is 10.2 Å². The summed E-state index contributed by atoms with van der Waals surface area (Å²) >= 11 is 5.88. The molecule has 0 spiro atoms. The van der Waals surface area contributed by atoms with Gasteiger partial charge in [-0.05, 0) is 62.4 Å². The minimum atomic E-state index is -0.0380. The number of carbonyl (C=O) groups is 2. The van der Waals surface area contributed by atoms with E-state index in [9.17, 15) is 9.59 Å². The standard InChI is InChI=1S/C23H27ClN2O2/c1-2-26(16-17-6-4-3-5-7-17)23(28)19-10-8-18(9-11-19)22(27)25-21-14-12-20(24)13-15-21/h3-7,12-15,18-19H,2,8-11,16H2,1H3,(H,25,27). The van der Waals surface area contributed by atoms with Gasteiger partial charge in [-0.1, -0.05) is 41.9 Å². The quantitative estimate of drug-likeness (QED) is 0.732. The largest absolute Gasteiger partial charge is 0.338 e. The molecule has 0 atom stereocenters. The van der Waals surface area contributed by atoms with E-state index in [-0.39, 0.29) is 23.7 Å². The average molecular weight is 399 g/mol. The van der Waals surface area contributed by atoms with Gasteiger partial charge in [-0.15, -0.1) is 0 Å². The van der Waals surface area contributed by atoms with E-state index in [1.165, 1.54) is 0 Å². The maximum absolute atomic E-state index is 12.9. The van der Waals surface area contributed by atoms with Crippen LogP contribution in [0.2, 0.25) is 5.02 Å². The van der Waals surface area contributed by atoms with Gasteiger partial charge in [0.2, 0.25) is 11.8 Å². The molecule has 1 fully saturated rings. The Bertz CT molecular complexity index is 784. The van der Waals surface area contributed by atoms with Crippen molar-refractivity contribution in [1.29, 1.82) is 0 Å². The molecule has 0 saturated heterocycles. The molecule has 0 aliphatic heterocycles. The van der Waals surface area contributed by atoms with Crippen molar-refractivity contribution in [2.45, 2.75) is 39.2 Å².